The fraction of sp³-hybridized carbons (Fsp3) is 0.378. The van der Waals surface area contributed by atoms with Crippen LogP contribution in [0.25, 0.3) is 22.1 Å². The van der Waals surface area contributed by atoms with Crippen LogP contribution in [-0.2, 0) is 44.8 Å². The van der Waals surface area contributed by atoms with Crippen LogP contribution < -0.4 is 10.1 Å². The van der Waals surface area contributed by atoms with Crippen LogP contribution in [0.5, 0.6) is 5.75 Å². The van der Waals surface area contributed by atoms with Gasteiger partial charge in [-0.3, -0.25) is 4.79 Å². The van der Waals surface area contributed by atoms with Gasteiger partial charge in [0.15, 0.2) is 0 Å². The number of ether oxygens (including phenoxy) is 3. The number of benzene rings is 3. The van der Waals surface area contributed by atoms with E-state index in [4.69, 9.17) is 18.6 Å². The molecule has 0 aliphatic heterocycles. The van der Waals surface area contributed by atoms with Crippen LogP contribution in [-0.4, -0.2) is 38.9 Å². The van der Waals surface area contributed by atoms with Gasteiger partial charge >= 0.3 is 12.1 Å². The zero-order chi connectivity index (χ0) is 34.4. The lowest BCUT2D eigenvalue weighted by molar-refractivity contribution is -0.142. The molecule has 0 unspecified atom stereocenters. The average Bonchev–Trinajstić information content (AvgIpc) is 3.43. The zero-order valence-electron chi connectivity index (χ0n) is 28.4. The molecular formula is C37H44N2O7S. The summed E-state index contributed by atoms with van der Waals surface area (Å²) in [5.41, 5.74) is 4.74. The van der Waals surface area contributed by atoms with Gasteiger partial charge in [-0.2, -0.15) is 4.40 Å². The number of fused-ring (bicyclic) bond motifs is 1. The largest absolute Gasteiger partial charge is 0.489 e. The maximum absolute atomic E-state index is 12.8. The van der Waals surface area contributed by atoms with Crippen molar-refractivity contribution in [2.45, 2.75) is 85.3 Å². The Morgan fingerprint density at radius 2 is 1.68 bits per heavy atom. The van der Waals surface area contributed by atoms with E-state index in [1.54, 1.807) is 13.8 Å². The van der Waals surface area contributed by atoms with Crippen molar-refractivity contribution in [3.05, 3.63) is 89.2 Å². The number of amides is 1. The summed E-state index contributed by atoms with van der Waals surface area (Å²) >= 11 is 0. The van der Waals surface area contributed by atoms with Gasteiger partial charge in [-0.1, -0.05) is 36.4 Å². The second-order valence-corrected chi connectivity index (χ2v) is 15.1. The van der Waals surface area contributed by atoms with E-state index < -0.39 is 27.4 Å². The molecule has 4 rings (SSSR count). The van der Waals surface area contributed by atoms with Gasteiger partial charge < -0.3 is 23.9 Å². The van der Waals surface area contributed by atoms with E-state index >= 15 is 0 Å². The van der Waals surface area contributed by atoms with Crippen LogP contribution in [0.4, 0.5) is 4.79 Å². The third-order valence-electron chi connectivity index (χ3n) is 6.86. The molecule has 0 aliphatic rings. The van der Waals surface area contributed by atoms with E-state index in [2.05, 4.69) is 9.71 Å². The first kappa shape index (κ1) is 35.4. The number of para-hydroxylation sites is 1. The molecule has 0 spiro atoms. The Hall–Kier alpha value is -4.44. The van der Waals surface area contributed by atoms with Crippen LogP contribution in [0.15, 0.2) is 75.5 Å². The summed E-state index contributed by atoms with van der Waals surface area (Å²) in [4.78, 5) is 24.5. The van der Waals surface area contributed by atoms with Crippen molar-refractivity contribution in [3.8, 4) is 16.9 Å². The molecule has 250 valence electrons. The number of nitrogens with zero attached hydrogens (tertiary/aromatic N) is 1. The van der Waals surface area contributed by atoms with E-state index in [-0.39, 0.29) is 25.5 Å². The van der Waals surface area contributed by atoms with E-state index in [1.807, 2.05) is 108 Å². The summed E-state index contributed by atoms with van der Waals surface area (Å²) in [5.74, 6) is 0.793. The molecule has 47 heavy (non-hydrogen) atoms. The molecule has 1 amide bonds. The molecule has 0 saturated carbocycles. The van der Waals surface area contributed by atoms with Gasteiger partial charge in [0.05, 0.1) is 23.5 Å². The molecule has 1 N–H and O–H groups in total. The number of esters is 1. The SMILES string of the molecule is CCOC(=O)Cc1ccccc1OCc1cc(-c2cccc(CNC(=O)OC(C)(C)C)c2)c2oc(C(C)=N[S@@](=O)C(C)(C)C)cc2c1. The van der Waals surface area contributed by atoms with Crippen molar-refractivity contribution >= 4 is 39.7 Å². The van der Waals surface area contributed by atoms with Crippen molar-refractivity contribution in [1.29, 1.82) is 0 Å². The molecule has 3 aromatic carbocycles. The van der Waals surface area contributed by atoms with Crippen molar-refractivity contribution in [2.75, 3.05) is 6.61 Å². The monoisotopic (exact) mass is 660 g/mol. The van der Waals surface area contributed by atoms with Crippen molar-refractivity contribution in [1.82, 2.24) is 5.32 Å². The summed E-state index contributed by atoms with van der Waals surface area (Å²) in [7, 11) is -1.45. The number of furan rings is 1. The van der Waals surface area contributed by atoms with Gasteiger partial charge in [-0.05, 0) is 102 Å². The number of nitrogens with one attached hydrogen (secondary N) is 1. The minimum Gasteiger partial charge on any atom is -0.489 e. The summed E-state index contributed by atoms with van der Waals surface area (Å²) in [6.45, 7) is 15.5. The molecular weight excluding hydrogens is 616 g/mol. The first-order chi connectivity index (χ1) is 22.1. The highest BCUT2D eigenvalue weighted by atomic mass is 32.2. The van der Waals surface area contributed by atoms with E-state index in [9.17, 15) is 13.8 Å². The second kappa shape index (κ2) is 15.0. The maximum atomic E-state index is 12.8. The van der Waals surface area contributed by atoms with Crippen LogP contribution in [0.3, 0.4) is 0 Å². The van der Waals surface area contributed by atoms with Gasteiger partial charge in [-0.15, -0.1) is 0 Å². The number of carbonyl (C=O) groups excluding carboxylic acids is 2. The highest BCUT2D eigenvalue weighted by molar-refractivity contribution is 7.85. The normalized spacial score (nSPS) is 12.9. The zero-order valence-corrected chi connectivity index (χ0v) is 29.2. The van der Waals surface area contributed by atoms with Crippen molar-refractivity contribution < 1.29 is 32.4 Å². The summed E-state index contributed by atoms with van der Waals surface area (Å²) in [5, 5.41) is 3.64. The van der Waals surface area contributed by atoms with Gasteiger partial charge in [0, 0.05) is 23.1 Å². The van der Waals surface area contributed by atoms with E-state index in [1.165, 1.54) is 0 Å². The average molecular weight is 661 g/mol. The third-order valence-corrected chi connectivity index (χ3v) is 8.34. The molecule has 0 radical (unpaired) electrons. The first-order valence-corrected chi connectivity index (χ1v) is 16.7. The fourth-order valence-electron chi connectivity index (χ4n) is 4.65. The van der Waals surface area contributed by atoms with Gasteiger partial charge in [0.25, 0.3) is 0 Å². The fourth-order valence-corrected chi connectivity index (χ4v) is 5.27. The molecule has 1 heterocycles. The third kappa shape index (κ3) is 10.0. The second-order valence-electron chi connectivity index (χ2n) is 13.1. The smallest absolute Gasteiger partial charge is 0.407 e. The molecule has 0 saturated heterocycles. The summed E-state index contributed by atoms with van der Waals surface area (Å²) in [6, 6.07) is 21.1. The lowest BCUT2D eigenvalue weighted by Crippen LogP contribution is -2.32. The molecule has 9 nitrogen and oxygen atoms in total. The summed E-state index contributed by atoms with van der Waals surface area (Å²) < 4.78 is 39.8. The Morgan fingerprint density at radius 1 is 0.936 bits per heavy atom. The lowest BCUT2D eigenvalue weighted by atomic mass is 9.99. The summed E-state index contributed by atoms with van der Waals surface area (Å²) in [6.07, 6.45) is -0.385. The first-order valence-electron chi connectivity index (χ1n) is 15.6. The Balaban J connectivity index is 1.71. The number of alkyl carbamates (subject to hydrolysis) is 1. The molecule has 0 bridgehead atoms. The Labute approximate surface area is 279 Å². The molecule has 1 atom stereocenters. The quantitative estimate of drug-likeness (QED) is 0.128. The molecule has 0 aliphatic carbocycles. The van der Waals surface area contributed by atoms with Crippen LogP contribution in [0, 0.1) is 0 Å². The van der Waals surface area contributed by atoms with Gasteiger partial charge in [0.2, 0.25) is 0 Å². The highest BCUT2D eigenvalue weighted by Crippen LogP contribution is 2.34. The van der Waals surface area contributed by atoms with Crippen LogP contribution in [0.2, 0.25) is 0 Å². The van der Waals surface area contributed by atoms with E-state index in [0.29, 0.717) is 29.4 Å². The topological polar surface area (TPSA) is 116 Å². The molecule has 0 fully saturated rings. The van der Waals surface area contributed by atoms with Crippen molar-refractivity contribution in [3.63, 3.8) is 0 Å². The van der Waals surface area contributed by atoms with Crippen LogP contribution >= 0.6 is 0 Å². The Bertz CT molecular complexity index is 1790. The number of rotatable bonds is 11. The number of hydrogen-bond donors (Lipinski definition) is 1. The van der Waals surface area contributed by atoms with Gasteiger partial charge in [0.1, 0.15) is 40.3 Å². The Kier molecular flexibility index (Phi) is 11.3. The Morgan fingerprint density at radius 3 is 2.38 bits per heavy atom. The maximum Gasteiger partial charge on any atom is 0.407 e. The number of hydrogen-bond acceptors (Lipinski definition) is 7. The minimum absolute atomic E-state index is 0.109. The van der Waals surface area contributed by atoms with Gasteiger partial charge in [-0.25, -0.2) is 9.00 Å². The molecule has 1 aromatic heterocycles. The molecule has 4 aromatic rings. The predicted molar refractivity (Wildman–Crippen MR) is 186 cm³/mol. The minimum atomic E-state index is -1.45. The lowest BCUT2D eigenvalue weighted by Gasteiger charge is -2.19. The predicted octanol–water partition coefficient (Wildman–Crippen LogP) is 8.08. The van der Waals surface area contributed by atoms with E-state index in [0.717, 1.165) is 33.2 Å². The van der Waals surface area contributed by atoms with Crippen molar-refractivity contribution in [2.24, 2.45) is 4.40 Å². The van der Waals surface area contributed by atoms with Crippen LogP contribution in [0.1, 0.15) is 77.8 Å². The number of carbonyl (C=O) groups is 2. The standard InChI is InChI=1S/C37H44N2O7S/c1-9-43-33(40)21-28-14-10-11-16-31(28)44-23-26-18-29-20-32(24(2)39-47(42)37(6,7)8)45-34(29)30(19-26)27-15-12-13-25(17-27)22-38-35(41)46-36(3,4)5/h10-20H,9,21-23H2,1-8H3,(H,38,41)/t47-/m0/s1. The highest BCUT2D eigenvalue weighted by Gasteiger charge is 2.21. The molecule has 10 heteroatoms.